The van der Waals surface area contributed by atoms with Crippen LogP contribution in [0.3, 0.4) is 0 Å². The fraction of sp³-hybridized carbons (Fsp3) is 0.917. The quantitative estimate of drug-likeness (QED) is 0.746. The first kappa shape index (κ1) is 12.6. The molecule has 2 heterocycles. The van der Waals surface area contributed by atoms with Crippen LogP contribution < -0.4 is 0 Å². The van der Waals surface area contributed by atoms with E-state index in [4.69, 9.17) is 9.47 Å². The van der Waals surface area contributed by atoms with Crippen molar-refractivity contribution in [3.63, 3.8) is 0 Å². The van der Waals surface area contributed by atoms with E-state index in [1.807, 2.05) is 20.8 Å². The molecule has 0 bridgehead atoms. The van der Waals surface area contributed by atoms with Gasteiger partial charge in [-0.25, -0.2) is 4.79 Å². The average Bonchev–Trinajstić information content (AvgIpc) is 2.70. The number of hydrogen-bond acceptors (Lipinski definition) is 4. The molecule has 2 rings (SSSR count). The largest absolute Gasteiger partial charge is 0.444 e. The third kappa shape index (κ3) is 2.40. The second-order valence-corrected chi connectivity index (χ2v) is 5.99. The second kappa shape index (κ2) is 4.14. The molecule has 5 heteroatoms. The monoisotopic (exact) mass is 243 g/mol. The summed E-state index contributed by atoms with van der Waals surface area (Å²) in [7, 11) is 0. The molecule has 0 spiro atoms. The van der Waals surface area contributed by atoms with Crippen molar-refractivity contribution in [2.45, 2.75) is 38.9 Å². The van der Waals surface area contributed by atoms with E-state index < -0.39 is 5.60 Å². The molecule has 0 saturated carbocycles. The summed E-state index contributed by atoms with van der Waals surface area (Å²) in [6, 6.07) is 0. The fourth-order valence-electron chi connectivity index (χ4n) is 2.51. The maximum Gasteiger partial charge on any atom is 0.410 e. The normalized spacial score (nSPS) is 32.7. The molecule has 0 aromatic carbocycles. The lowest BCUT2D eigenvalue weighted by Gasteiger charge is -2.26. The lowest BCUT2D eigenvalue weighted by molar-refractivity contribution is 0.0234. The smallest absolute Gasteiger partial charge is 0.410 e. The lowest BCUT2D eigenvalue weighted by Crippen LogP contribution is -2.38. The standard InChI is InChI=1S/C12H21NO4/c1-11(2,3)17-10(15)13-6-9-12(7-13,8-14)4-5-16-9/h9,14H,4-8H2,1-3H3/t9-,12+/m0/s1. The Morgan fingerprint density at radius 2 is 2.29 bits per heavy atom. The first-order valence-electron chi connectivity index (χ1n) is 6.07. The van der Waals surface area contributed by atoms with Gasteiger partial charge in [-0.15, -0.1) is 0 Å². The van der Waals surface area contributed by atoms with Crippen molar-refractivity contribution in [3.05, 3.63) is 0 Å². The molecule has 2 saturated heterocycles. The zero-order valence-electron chi connectivity index (χ0n) is 10.7. The Morgan fingerprint density at radius 3 is 2.82 bits per heavy atom. The Bertz CT molecular complexity index is 312. The van der Waals surface area contributed by atoms with Gasteiger partial charge in [0.1, 0.15) is 5.60 Å². The Kier molecular flexibility index (Phi) is 3.08. The third-order valence-corrected chi connectivity index (χ3v) is 3.46. The van der Waals surface area contributed by atoms with Crippen LogP contribution >= 0.6 is 0 Å². The molecule has 1 amide bonds. The number of likely N-dealkylation sites (tertiary alicyclic amines) is 1. The van der Waals surface area contributed by atoms with Crippen LogP contribution in [0.2, 0.25) is 0 Å². The second-order valence-electron chi connectivity index (χ2n) is 5.99. The van der Waals surface area contributed by atoms with Crippen LogP contribution in [0.15, 0.2) is 0 Å². The van der Waals surface area contributed by atoms with Gasteiger partial charge in [-0.2, -0.15) is 0 Å². The molecule has 98 valence electrons. The Morgan fingerprint density at radius 1 is 1.59 bits per heavy atom. The van der Waals surface area contributed by atoms with Gasteiger partial charge in [0.15, 0.2) is 0 Å². The van der Waals surface area contributed by atoms with Crippen molar-refractivity contribution in [3.8, 4) is 0 Å². The number of aliphatic hydroxyl groups excluding tert-OH is 1. The first-order valence-corrected chi connectivity index (χ1v) is 6.07. The summed E-state index contributed by atoms with van der Waals surface area (Å²) in [5.41, 5.74) is -0.751. The van der Waals surface area contributed by atoms with Crippen molar-refractivity contribution in [1.29, 1.82) is 0 Å². The topological polar surface area (TPSA) is 59.0 Å². The summed E-state index contributed by atoms with van der Waals surface area (Å²) in [6.45, 7) is 7.34. The molecule has 0 aliphatic carbocycles. The summed E-state index contributed by atoms with van der Waals surface area (Å²) in [4.78, 5) is 13.6. The Balaban J connectivity index is 2.00. The van der Waals surface area contributed by atoms with E-state index >= 15 is 0 Å². The van der Waals surface area contributed by atoms with Crippen LogP contribution in [0, 0.1) is 5.41 Å². The number of ether oxygens (including phenoxy) is 2. The molecular formula is C12H21NO4. The van der Waals surface area contributed by atoms with E-state index in [0.29, 0.717) is 19.7 Å². The SMILES string of the molecule is CC(C)(C)OC(=O)N1C[C@@H]2OCC[C@]2(CO)C1. The molecule has 5 nitrogen and oxygen atoms in total. The summed E-state index contributed by atoms with van der Waals surface area (Å²) < 4.78 is 10.9. The Hall–Kier alpha value is -0.810. The molecule has 0 aromatic rings. The predicted octanol–water partition coefficient (Wildman–Crippen LogP) is 1.00. The van der Waals surface area contributed by atoms with E-state index in [1.165, 1.54) is 0 Å². The number of carbonyl (C=O) groups excluding carboxylic acids is 1. The molecule has 2 aliphatic rings. The van der Waals surface area contributed by atoms with Crippen molar-refractivity contribution in [1.82, 2.24) is 4.90 Å². The number of nitrogens with zero attached hydrogens (tertiary/aromatic N) is 1. The van der Waals surface area contributed by atoms with Gasteiger partial charge >= 0.3 is 6.09 Å². The molecule has 0 unspecified atom stereocenters. The summed E-state index contributed by atoms with van der Waals surface area (Å²) >= 11 is 0. The van der Waals surface area contributed by atoms with Crippen molar-refractivity contribution < 1.29 is 19.4 Å². The fourth-order valence-corrected chi connectivity index (χ4v) is 2.51. The van der Waals surface area contributed by atoms with Gasteiger partial charge in [-0.05, 0) is 27.2 Å². The minimum atomic E-state index is -0.484. The van der Waals surface area contributed by atoms with Crippen LogP contribution in [0.5, 0.6) is 0 Å². The van der Waals surface area contributed by atoms with Gasteiger partial charge in [-0.3, -0.25) is 0 Å². The highest BCUT2D eigenvalue weighted by atomic mass is 16.6. The molecular weight excluding hydrogens is 222 g/mol. The van der Waals surface area contributed by atoms with Gasteiger partial charge in [0.05, 0.1) is 19.3 Å². The maximum atomic E-state index is 11.9. The minimum absolute atomic E-state index is 0.0416. The van der Waals surface area contributed by atoms with Gasteiger partial charge in [-0.1, -0.05) is 0 Å². The van der Waals surface area contributed by atoms with Crippen LogP contribution in [0.4, 0.5) is 4.79 Å². The van der Waals surface area contributed by atoms with E-state index in [-0.39, 0.29) is 24.2 Å². The van der Waals surface area contributed by atoms with Crippen molar-refractivity contribution >= 4 is 6.09 Å². The number of fused-ring (bicyclic) bond motifs is 1. The third-order valence-electron chi connectivity index (χ3n) is 3.46. The molecule has 17 heavy (non-hydrogen) atoms. The van der Waals surface area contributed by atoms with Gasteiger partial charge in [0, 0.05) is 18.6 Å². The number of amides is 1. The molecule has 2 atom stereocenters. The summed E-state index contributed by atoms with van der Waals surface area (Å²) in [6.07, 6.45) is 0.455. The van der Waals surface area contributed by atoms with E-state index in [2.05, 4.69) is 0 Å². The highest BCUT2D eigenvalue weighted by Crippen LogP contribution is 2.41. The van der Waals surface area contributed by atoms with Crippen molar-refractivity contribution in [2.75, 3.05) is 26.3 Å². The molecule has 2 aliphatic heterocycles. The summed E-state index contributed by atoms with van der Waals surface area (Å²) in [5.74, 6) is 0. The van der Waals surface area contributed by atoms with Crippen LogP contribution in [0.1, 0.15) is 27.2 Å². The van der Waals surface area contributed by atoms with Gasteiger partial charge in [0.25, 0.3) is 0 Å². The first-order chi connectivity index (χ1) is 7.86. The van der Waals surface area contributed by atoms with Crippen LogP contribution in [0.25, 0.3) is 0 Å². The van der Waals surface area contributed by atoms with Crippen molar-refractivity contribution in [2.24, 2.45) is 5.41 Å². The lowest BCUT2D eigenvalue weighted by atomic mass is 9.85. The average molecular weight is 243 g/mol. The van der Waals surface area contributed by atoms with Crippen LogP contribution in [-0.4, -0.2) is 54.1 Å². The predicted molar refractivity (Wildman–Crippen MR) is 61.7 cm³/mol. The summed E-state index contributed by atoms with van der Waals surface area (Å²) in [5, 5.41) is 9.50. The molecule has 2 fully saturated rings. The van der Waals surface area contributed by atoms with Gasteiger partial charge < -0.3 is 19.5 Å². The number of hydrogen-bond donors (Lipinski definition) is 1. The number of rotatable bonds is 1. The molecule has 0 radical (unpaired) electrons. The highest BCUT2D eigenvalue weighted by molar-refractivity contribution is 5.68. The zero-order valence-corrected chi connectivity index (χ0v) is 10.7. The number of carbonyl (C=O) groups is 1. The Labute approximate surface area is 102 Å². The zero-order chi connectivity index (χ0) is 12.7. The minimum Gasteiger partial charge on any atom is -0.444 e. The number of aliphatic hydroxyl groups is 1. The molecule has 0 aromatic heterocycles. The van der Waals surface area contributed by atoms with Crippen LogP contribution in [-0.2, 0) is 9.47 Å². The van der Waals surface area contributed by atoms with Gasteiger partial charge in [0.2, 0.25) is 0 Å². The maximum absolute atomic E-state index is 11.9. The highest BCUT2D eigenvalue weighted by Gasteiger charge is 2.52. The van der Waals surface area contributed by atoms with E-state index in [0.717, 1.165) is 6.42 Å². The van der Waals surface area contributed by atoms with E-state index in [9.17, 15) is 9.90 Å². The molecule has 1 N–H and O–H groups in total. The van der Waals surface area contributed by atoms with E-state index in [1.54, 1.807) is 4.90 Å².